The van der Waals surface area contributed by atoms with Crippen LogP contribution in [0.1, 0.15) is 18.9 Å². The molecule has 0 radical (unpaired) electrons. The average molecular weight is 357 g/mol. The molecule has 2 aromatic carbocycles. The molecule has 2 aromatic rings. The van der Waals surface area contributed by atoms with Crippen molar-refractivity contribution in [3.8, 4) is 11.5 Å². The van der Waals surface area contributed by atoms with Crippen molar-refractivity contribution in [3.05, 3.63) is 60.2 Å². The molecular weight excluding hydrogens is 334 g/mol. The molecule has 0 aliphatic rings. The van der Waals surface area contributed by atoms with Crippen LogP contribution in [0.4, 0.5) is 0 Å². The van der Waals surface area contributed by atoms with Crippen LogP contribution in [0, 0.1) is 0 Å². The van der Waals surface area contributed by atoms with Crippen molar-refractivity contribution in [2.45, 2.75) is 20.0 Å². The standard InChI is InChI=1S/C20H23NO5/c1-2-12-21-19(22)14-26-20(23)15-25-18-10-8-17(9-11-18)24-13-16-6-4-3-5-7-16/h3-11H,2,12-15H2,1H3,(H,21,22). The van der Waals surface area contributed by atoms with Gasteiger partial charge in [0.2, 0.25) is 0 Å². The van der Waals surface area contributed by atoms with Crippen LogP contribution >= 0.6 is 0 Å². The minimum Gasteiger partial charge on any atom is -0.489 e. The summed E-state index contributed by atoms with van der Waals surface area (Å²) >= 11 is 0. The Morgan fingerprint density at radius 1 is 0.885 bits per heavy atom. The SMILES string of the molecule is CCCNC(=O)COC(=O)COc1ccc(OCc2ccccc2)cc1. The van der Waals surface area contributed by atoms with E-state index in [2.05, 4.69) is 5.32 Å². The van der Waals surface area contributed by atoms with Crippen LogP contribution in [0.25, 0.3) is 0 Å². The number of hydrogen-bond acceptors (Lipinski definition) is 5. The molecule has 0 aliphatic carbocycles. The van der Waals surface area contributed by atoms with Crippen LogP contribution in [0.3, 0.4) is 0 Å². The zero-order valence-electron chi connectivity index (χ0n) is 14.8. The minimum absolute atomic E-state index is 0.259. The van der Waals surface area contributed by atoms with E-state index in [4.69, 9.17) is 14.2 Å². The molecule has 1 N–H and O–H groups in total. The minimum atomic E-state index is -0.596. The average Bonchev–Trinajstić information content (AvgIpc) is 2.69. The summed E-state index contributed by atoms with van der Waals surface area (Å²) in [5, 5.41) is 2.62. The lowest BCUT2D eigenvalue weighted by Crippen LogP contribution is -2.30. The van der Waals surface area contributed by atoms with Crippen LogP contribution in [-0.2, 0) is 20.9 Å². The Kier molecular flexibility index (Phi) is 7.99. The summed E-state index contributed by atoms with van der Waals surface area (Å²) in [4.78, 5) is 22.9. The Balaban J connectivity index is 1.68. The monoisotopic (exact) mass is 357 g/mol. The number of nitrogens with one attached hydrogen (secondary N) is 1. The quantitative estimate of drug-likeness (QED) is 0.662. The van der Waals surface area contributed by atoms with Gasteiger partial charge >= 0.3 is 5.97 Å². The number of carbonyl (C=O) groups excluding carboxylic acids is 2. The Bertz CT molecular complexity index is 685. The summed E-state index contributed by atoms with van der Waals surface area (Å²) in [6, 6.07) is 16.8. The van der Waals surface area contributed by atoms with E-state index >= 15 is 0 Å². The largest absolute Gasteiger partial charge is 0.489 e. The van der Waals surface area contributed by atoms with Crippen molar-refractivity contribution in [1.82, 2.24) is 5.32 Å². The fourth-order valence-corrected chi connectivity index (χ4v) is 2.02. The van der Waals surface area contributed by atoms with Gasteiger partial charge in [-0.2, -0.15) is 0 Å². The second kappa shape index (κ2) is 10.8. The van der Waals surface area contributed by atoms with Crippen molar-refractivity contribution < 1.29 is 23.8 Å². The Labute approximate surface area is 153 Å². The molecule has 0 bridgehead atoms. The van der Waals surface area contributed by atoms with Gasteiger partial charge < -0.3 is 19.5 Å². The van der Waals surface area contributed by atoms with E-state index in [9.17, 15) is 9.59 Å². The molecule has 0 heterocycles. The third kappa shape index (κ3) is 7.25. The summed E-state index contributed by atoms with van der Waals surface area (Å²) in [5.41, 5.74) is 1.08. The lowest BCUT2D eigenvalue weighted by Gasteiger charge is -2.09. The van der Waals surface area contributed by atoms with Gasteiger partial charge in [0.15, 0.2) is 13.2 Å². The second-order valence-electron chi connectivity index (χ2n) is 5.54. The van der Waals surface area contributed by atoms with Crippen molar-refractivity contribution in [1.29, 1.82) is 0 Å². The summed E-state index contributed by atoms with van der Waals surface area (Å²) < 4.78 is 15.8. The van der Waals surface area contributed by atoms with E-state index in [-0.39, 0.29) is 19.1 Å². The Morgan fingerprint density at radius 2 is 1.54 bits per heavy atom. The molecule has 1 amide bonds. The fourth-order valence-electron chi connectivity index (χ4n) is 2.02. The van der Waals surface area contributed by atoms with Crippen molar-refractivity contribution in [2.24, 2.45) is 0 Å². The zero-order chi connectivity index (χ0) is 18.6. The van der Waals surface area contributed by atoms with E-state index in [0.717, 1.165) is 12.0 Å². The molecular formula is C20H23NO5. The molecule has 0 aromatic heterocycles. The number of amides is 1. The first kappa shape index (κ1) is 19.3. The fraction of sp³-hybridized carbons (Fsp3) is 0.300. The van der Waals surface area contributed by atoms with E-state index in [1.807, 2.05) is 37.3 Å². The van der Waals surface area contributed by atoms with Gasteiger partial charge in [0.1, 0.15) is 18.1 Å². The molecule has 26 heavy (non-hydrogen) atoms. The van der Waals surface area contributed by atoms with Gasteiger partial charge in [0.25, 0.3) is 5.91 Å². The van der Waals surface area contributed by atoms with Gasteiger partial charge in [0, 0.05) is 6.54 Å². The van der Waals surface area contributed by atoms with Crippen molar-refractivity contribution in [3.63, 3.8) is 0 Å². The molecule has 0 aliphatic heterocycles. The van der Waals surface area contributed by atoms with E-state index in [1.54, 1.807) is 24.3 Å². The molecule has 6 nitrogen and oxygen atoms in total. The van der Waals surface area contributed by atoms with Crippen LogP contribution < -0.4 is 14.8 Å². The molecule has 0 saturated carbocycles. The predicted molar refractivity (Wildman–Crippen MR) is 97.0 cm³/mol. The van der Waals surface area contributed by atoms with Gasteiger partial charge in [-0.15, -0.1) is 0 Å². The lowest BCUT2D eigenvalue weighted by atomic mass is 10.2. The van der Waals surface area contributed by atoms with Crippen LogP contribution in [0.2, 0.25) is 0 Å². The van der Waals surface area contributed by atoms with Crippen LogP contribution in [0.15, 0.2) is 54.6 Å². The van der Waals surface area contributed by atoms with Crippen LogP contribution in [0.5, 0.6) is 11.5 Å². The van der Waals surface area contributed by atoms with E-state index in [0.29, 0.717) is 24.7 Å². The Morgan fingerprint density at radius 3 is 2.19 bits per heavy atom. The Hall–Kier alpha value is -3.02. The number of benzene rings is 2. The van der Waals surface area contributed by atoms with Crippen molar-refractivity contribution >= 4 is 11.9 Å². The molecule has 0 unspecified atom stereocenters. The van der Waals surface area contributed by atoms with Gasteiger partial charge in [-0.05, 0) is 36.2 Å². The molecule has 0 atom stereocenters. The molecule has 0 fully saturated rings. The molecule has 0 spiro atoms. The highest BCUT2D eigenvalue weighted by Crippen LogP contribution is 2.18. The van der Waals surface area contributed by atoms with Gasteiger partial charge in [0.05, 0.1) is 0 Å². The number of ether oxygens (including phenoxy) is 3. The molecule has 138 valence electrons. The van der Waals surface area contributed by atoms with Gasteiger partial charge in [-0.1, -0.05) is 37.3 Å². The number of hydrogen-bond donors (Lipinski definition) is 1. The number of carbonyl (C=O) groups is 2. The summed E-state index contributed by atoms with van der Waals surface area (Å²) in [5.74, 6) is 0.307. The molecule has 2 rings (SSSR count). The topological polar surface area (TPSA) is 73.9 Å². The highest BCUT2D eigenvalue weighted by Gasteiger charge is 2.08. The normalized spacial score (nSPS) is 10.0. The molecule has 6 heteroatoms. The maximum Gasteiger partial charge on any atom is 0.344 e. The third-order valence-electron chi connectivity index (χ3n) is 3.37. The second-order valence-corrected chi connectivity index (χ2v) is 5.54. The first-order valence-electron chi connectivity index (χ1n) is 8.49. The summed E-state index contributed by atoms with van der Waals surface area (Å²) in [7, 11) is 0. The third-order valence-corrected chi connectivity index (χ3v) is 3.37. The predicted octanol–water partition coefficient (Wildman–Crippen LogP) is 2.71. The van der Waals surface area contributed by atoms with Crippen molar-refractivity contribution in [2.75, 3.05) is 19.8 Å². The highest BCUT2D eigenvalue weighted by molar-refractivity contribution is 5.80. The zero-order valence-corrected chi connectivity index (χ0v) is 14.8. The smallest absolute Gasteiger partial charge is 0.344 e. The first-order valence-corrected chi connectivity index (χ1v) is 8.49. The lowest BCUT2D eigenvalue weighted by molar-refractivity contribution is -0.150. The van der Waals surface area contributed by atoms with E-state index < -0.39 is 5.97 Å². The van der Waals surface area contributed by atoms with Crippen LogP contribution in [-0.4, -0.2) is 31.6 Å². The summed E-state index contributed by atoms with van der Waals surface area (Å²) in [6.45, 7) is 2.43. The number of rotatable bonds is 10. The number of esters is 1. The first-order chi connectivity index (χ1) is 12.7. The van der Waals surface area contributed by atoms with E-state index in [1.165, 1.54) is 0 Å². The highest BCUT2D eigenvalue weighted by atomic mass is 16.6. The van der Waals surface area contributed by atoms with Gasteiger partial charge in [-0.3, -0.25) is 4.79 Å². The maximum absolute atomic E-state index is 11.6. The van der Waals surface area contributed by atoms with Gasteiger partial charge in [-0.25, -0.2) is 4.79 Å². The maximum atomic E-state index is 11.6. The summed E-state index contributed by atoms with van der Waals surface area (Å²) in [6.07, 6.45) is 0.827. The molecule has 0 saturated heterocycles.